The van der Waals surface area contributed by atoms with E-state index in [1.54, 1.807) is 0 Å². The van der Waals surface area contributed by atoms with Gasteiger partial charge in [0.25, 0.3) is 0 Å². The number of phosphoric ester groups is 2. The lowest BCUT2D eigenvalue weighted by molar-refractivity contribution is -0.161. The zero-order valence-corrected chi connectivity index (χ0v) is 65.3. The first-order chi connectivity index (χ1) is 46.7. The molecule has 0 aliphatic carbocycles. The van der Waals surface area contributed by atoms with E-state index in [1.165, 1.54) is 205 Å². The van der Waals surface area contributed by atoms with Crippen LogP contribution in [-0.4, -0.2) is 96.7 Å². The molecule has 0 spiro atoms. The van der Waals surface area contributed by atoms with Crippen molar-refractivity contribution < 1.29 is 80.2 Å². The van der Waals surface area contributed by atoms with Crippen molar-refractivity contribution in [1.82, 2.24) is 0 Å². The summed E-state index contributed by atoms with van der Waals surface area (Å²) in [4.78, 5) is 72.9. The number of phosphoric acid groups is 2. The average molecular weight is 1420 g/mol. The molecule has 0 radical (unpaired) electrons. The monoisotopic (exact) mass is 1420 g/mol. The highest BCUT2D eigenvalue weighted by atomic mass is 31.2. The summed E-state index contributed by atoms with van der Waals surface area (Å²) in [5.41, 5.74) is 0. The fourth-order valence-electron chi connectivity index (χ4n) is 12.0. The number of hydrogen-bond acceptors (Lipinski definition) is 15. The Bertz CT molecular complexity index is 1890. The van der Waals surface area contributed by atoms with Gasteiger partial charge in [-0.05, 0) is 43.4 Å². The topological polar surface area (TPSA) is 237 Å². The summed E-state index contributed by atoms with van der Waals surface area (Å²) in [6.07, 6.45) is 55.7. The fourth-order valence-corrected chi connectivity index (χ4v) is 13.5. The van der Waals surface area contributed by atoms with Crippen LogP contribution in [-0.2, 0) is 65.4 Å². The van der Waals surface area contributed by atoms with E-state index in [-0.39, 0.29) is 25.7 Å². The van der Waals surface area contributed by atoms with Gasteiger partial charge in [-0.3, -0.25) is 37.3 Å². The molecule has 0 aromatic carbocycles. The molecular weight excluding hydrogens is 1270 g/mol. The van der Waals surface area contributed by atoms with E-state index in [9.17, 15) is 43.2 Å². The van der Waals surface area contributed by atoms with Crippen LogP contribution in [0.2, 0.25) is 0 Å². The van der Waals surface area contributed by atoms with Gasteiger partial charge in [0.2, 0.25) is 0 Å². The van der Waals surface area contributed by atoms with Crippen LogP contribution >= 0.6 is 15.6 Å². The molecule has 0 heterocycles. The second kappa shape index (κ2) is 68.5. The lowest BCUT2D eigenvalue weighted by Gasteiger charge is -2.21. The first kappa shape index (κ1) is 95.1. The molecule has 0 saturated heterocycles. The Morgan fingerprint density at radius 2 is 0.474 bits per heavy atom. The van der Waals surface area contributed by atoms with Gasteiger partial charge in [-0.2, -0.15) is 0 Å². The van der Waals surface area contributed by atoms with Crippen LogP contribution in [0.1, 0.15) is 402 Å². The molecule has 3 N–H and O–H groups in total. The molecule has 5 atom stereocenters. The molecule has 0 rings (SSSR count). The SMILES string of the molecule is CCCCCCCCCCCCCCCCCCCCCC(=O)O[C@H](COC(=O)CCCCCCCCCCCCCCCC(C)C)COP(=O)(O)OC[C@@H](O)COP(=O)(O)OC[C@@H](COC(=O)CCCCCCCCCC(C)C)OC(=O)CCCCCCCCCCCC(C)C. The van der Waals surface area contributed by atoms with Gasteiger partial charge in [0, 0.05) is 25.7 Å². The molecule has 19 heteroatoms. The number of aliphatic hydroxyl groups is 1. The standard InChI is InChI=1S/C78H152O17P2/c1-8-9-10-11-12-13-14-15-16-17-18-19-20-23-27-32-39-47-54-61-77(82)94-73(65-88-75(80)59-52-45-38-31-26-24-21-22-25-29-35-42-49-56-69(2)3)67-92-96(84,85)90-63-72(79)64-91-97(86,87)93-68-74(66-89-76(81)60-53-46-41-34-37-44-51-58-71(6)7)95-78(83)62-55-48-40-33-28-30-36-43-50-57-70(4)5/h69-74,79H,8-68H2,1-7H3,(H,84,85)(H,86,87)/t72-,73-,74-/m1/s1. The molecule has 17 nitrogen and oxygen atoms in total. The maximum Gasteiger partial charge on any atom is 0.472 e. The zero-order valence-electron chi connectivity index (χ0n) is 63.5. The number of unbranched alkanes of at least 4 members (excludes halogenated alkanes) is 44. The number of hydrogen-bond donors (Lipinski definition) is 3. The summed E-state index contributed by atoms with van der Waals surface area (Å²) < 4.78 is 68.6. The molecule has 0 saturated carbocycles. The van der Waals surface area contributed by atoms with E-state index >= 15 is 0 Å². The molecule has 0 aromatic rings. The Kier molecular flexibility index (Phi) is 67.1. The van der Waals surface area contributed by atoms with Gasteiger partial charge in [0.05, 0.1) is 26.4 Å². The Morgan fingerprint density at radius 3 is 0.701 bits per heavy atom. The Labute approximate surface area is 594 Å². The highest BCUT2D eigenvalue weighted by molar-refractivity contribution is 7.47. The summed E-state index contributed by atoms with van der Waals surface area (Å²) in [7, 11) is -9.91. The average Bonchev–Trinajstić information content (AvgIpc) is 1.29. The predicted octanol–water partition coefficient (Wildman–Crippen LogP) is 23.0. The molecule has 0 bridgehead atoms. The maximum absolute atomic E-state index is 13.1. The second-order valence-corrected chi connectivity index (χ2v) is 32.4. The molecule has 97 heavy (non-hydrogen) atoms. The van der Waals surface area contributed by atoms with Crippen molar-refractivity contribution in [2.24, 2.45) is 17.8 Å². The second-order valence-electron chi connectivity index (χ2n) is 29.5. The highest BCUT2D eigenvalue weighted by Crippen LogP contribution is 2.45. The summed E-state index contributed by atoms with van der Waals surface area (Å²) in [6.45, 7) is 11.9. The van der Waals surface area contributed by atoms with Crippen LogP contribution in [0.5, 0.6) is 0 Å². The molecule has 0 aliphatic rings. The van der Waals surface area contributed by atoms with Gasteiger partial charge in [-0.1, -0.05) is 350 Å². The number of carbonyl (C=O) groups excluding carboxylic acids is 4. The fraction of sp³-hybridized carbons (Fsp3) is 0.949. The predicted molar refractivity (Wildman–Crippen MR) is 395 cm³/mol. The van der Waals surface area contributed by atoms with E-state index < -0.39 is 97.5 Å². The molecule has 0 aliphatic heterocycles. The summed E-state index contributed by atoms with van der Waals surface area (Å²) in [5.74, 6) is 0.116. The van der Waals surface area contributed by atoms with Crippen molar-refractivity contribution >= 4 is 39.5 Å². The van der Waals surface area contributed by atoms with Crippen LogP contribution in [0.15, 0.2) is 0 Å². The third kappa shape index (κ3) is 72.2. The molecule has 2 unspecified atom stereocenters. The van der Waals surface area contributed by atoms with Crippen LogP contribution in [0.4, 0.5) is 0 Å². The number of rotatable bonds is 76. The molecule has 0 fully saturated rings. The molecule has 576 valence electrons. The van der Waals surface area contributed by atoms with Crippen LogP contribution in [0, 0.1) is 17.8 Å². The minimum absolute atomic E-state index is 0.104. The molecular formula is C78H152O17P2. The van der Waals surface area contributed by atoms with Crippen LogP contribution in [0.3, 0.4) is 0 Å². The smallest absolute Gasteiger partial charge is 0.462 e. The summed E-state index contributed by atoms with van der Waals surface area (Å²) in [6, 6.07) is 0. The third-order valence-electron chi connectivity index (χ3n) is 18.1. The van der Waals surface area contributed by atoms with Crippen LogP contribution in [0.25, 0.3) is 0 Å². The first-order valence-corrected chi connectivity index (χ1v) is 43.3. The first-order valence-electron chi connectivity index (χ1n) is 40.3. The third-order valence-corrected chi connectivity index (χ3v) is 20.0. The Hall–Kier alpha value is -1.94. The van der Waals surface area contributed by atoms with Gasteiger partial charge < -0.3 is 33.8 Å². The van der Waals surface area contributed by atoms with E-state index in [0.717, 1.165) is 108 Å². The number of carbonyl (C=O) groups is 4. The lowest BCUT2D eigenvalue weighted by Crippen LogP contribution is -2.30. The van der Waals surface area contributed by atoms with Crippen molar-refractivity contribution in [2.45, 2.75) is 420 Å². The summed E-state index contributed by atoms with van der Waals surface area (Å²) in [5, 5.41) is 10.6. The molecule has 0 aromatic heterocycles. The van der Waals surface area contributed by atoms with Crippen molar-refractivity contribution in [1.29, 1.82) is 0 Å². The van der Waals surface area contributed by atoms with Crippen molar-refractivity contribution in [3.05, 3.63) is 0 Å². The normalized spacial score (nSPS) is 14.0. The van der Waals surface area contributed by atoms with E-state index in [4.69, 9.17) is 37.0 Å². The maximum atomic E-state index is 13.1. The van der Waals surface area contributed by atoms with Crippen LogP contribution < -0.4 is 0 Å². The summed E-state index contributed by atoms with van der Waals surface area (Å²) >= 11 is 0. The Balaban J connectivity index is 5.23. The minimum atomic E-state index is -4.96. The van der Waals surface area contributed by atoms with Gasteiger partial charge in [-0.15, -0.1) is 0 Å². The highest BCUT2D eigenvalue weighted by Gasteiger charge is 2.30. The van der Waals surface area contributed by atoms with Crippen molar-refractivity contribution in [3.63, 3.8) is 0 Å². The van der Waals surface area contributed by atoms with Gasteiger partial charge in [-0.25, -0.2) is 9.13 Å². The van der Waals surface area contributed by atoms with E-state index in [0.29, 0.717) is 31.6 Å². The van der Waals surface area contributed by atoms with Crippen molar-refractivity contribution in [3.8, 4) is 0 Å². The lowest BCUT2D eigenvalue weighted by atomic mass is 10.0. The van der Waals surface area contributed by atoms with Gasteiger partial charge in [0.1, 0.15) is 19.3 Å². The number of aliphatic hydroxyl groups excluding tert-OH is 1. The number of esters is 4. The minimum Gasteiger partial charge on any atom is -0.462 e. The largest absolute Gasteiger partial charge is 0.472 e. The van der Waals surface area contributed by atoms with Gasteiger partial charge in [0.15, 0.2) is 12.2 Å². The zero-order chi connectivity index (χ0) is 71.6. The van der Waals surface area contributed by atoms with E-state index in [1.807, 2.05) is 0 Å². The van der Waals surface area contributed by atoms with E-state index in [2.05, 4.69) is 48.5 Å². The molecule has 0 amide bonds. The van der Waals surface area contributed by atoms with Gasteiger partial charge >= 0.3 is 39.5 Å². The number of ether oxygens (including phenoxy) is 4. The van der Waals surface area contributed by atoms with Crippen molar-refractivity contribution in [2.75, 3.05) is 39.6 Å². The quantitative estimate of drug-likeness (QED) is 0.0222. The Morgan fingerprint density at radius 1 is 0.278 bits per heavy atom.